The molecule has 0 aliphatic carbocycles. The van der Waals surface area contributed by atoms with Crippen LogP contribution in [0.1, 0.15) is 24.1 Å². The fraction of sp³-hybridized carbons (Fsp3) is 0.750. The Balaban J connectivity index is 1.38. The minimum absolute atomic E-state index is 0.0374. The minimum Gasteiger partial charge on any atom is -0.379 e. The highest BCUT2D eigenvalue weighted by atomic mass is 16.5. The van der Waals surface area contributed by atoms with Gasteiger partial charge in [-0.15, -0.1) is 0 Å². The molecule has 0 atom stereocenters. The van der Waals surface area contributed by atoms with Crippen molar-refractivity contribution in [2.75, 3.05) is 45.9 Å². The number of aromatic amines is 1. The van der Waals surface area contributed by atoms with E-state index >= 15 is 0 Å². The molecule has 2 amide bonds. The lowest BCUT2D eigenvalue weighted by molar-refractivity contribution is 0.0258. The summed E-state index contributed by atoms with van der Waals surface area (Å²) in [7, 11) is 0. The van der Waals surface area contributed by atoms with Gasteiger partial charge in [-0.25, -0.2) is 4.79 Å². The van der Waals surface area contributed by atoms with Crippen LogP contribution in [0.2, 0.25) is 0 Å². The summed E-state index contributed by atoms with van der Waals surface area (Å²) < 4.78 is 5.39. The van der Waals surface area contributed by atoms with Crippen molar-refractivity contribution >= 4 is 6.03 Å². The molecule has 2 saturated heterocycles. The van der Waals surface area contributed by atoms with Crippen molar-refractivity contribution in [2.45, 2.75) is 26.3 Å². The molecule has 3 heterocycles. The number of likely N-dealkylation sites (tertiary alicyclic amines) is 1. The molecule has 1 aromatic rings. The summed E-state index contributed by atoms with van der Waals surface area (Å²) in [6.07, 6.45) is 3.95. The number of rotatable bonds is 4. The average Bonchev–Trinajstić information content (AvgIpc) is 2.99. The first-order valence-electron chi connectivity index (χ1n) is 8.54. The zero-order chi connectivity index (χ0) is 16.1. The highest BCUT2D eigenvalue weighted by molar-refractivity contribution is 5.74. The fourth-order valence-corrected chi connectivity index (χ4v) is 3.30. The van der Waals surface area contributed by atoms with Gasteiger partial charge in [-0.1, -0.05) is 0 Å². The largest absolute Gasteiger partial charge is 0.379 e. The summed E-state index contributed by atoms with van der Waals surface area (Å²) in [5.74, 6) is 0.702. The number of amides is 2. The SMILES string of the molecule is Cc1[nH]ncc1CNC(=O)N1CCC(CN2CCOCC2)CC1. The van der Waals surface area contributed by atoms with E-state index in [4.69, 9.17) is 4.74 Å². The number of carbonyl (C=O) groups is 1. The Morgan fingerprint density at radius 1 is 1.35 bits per heavy atom. The number of ether oxygens (including phenoxy) is 1. The van der Waals surface area contributed by atoms with Crippen molar-refractivity contribution in [3.8, 4) is 0 Å². The van der Waals surface area contributed by atoms with E-state index in [1.807, 2.05) is 11.8 Å². The van der Waals surface area contributed by atoms with Crippen LogP contribution in [-0.2, 0) is 11.3 Å². The number of morpholine rings is 1. The molecule has 0 bridgehead atoms. The smallest absolute Gasteiger partial charge is 0.317 e. The summed E-state index contributed by atoms with van der Waals surface area (Å²) in [6, 6.07) is 0.0374. The van der Waals surface area contributed by atoms with E-state index in [1.165, 1.54) is 0 Å². The van der Waals surface area contributed by atoms with Crippen LogP contribution in [0.5, 0.6) is 0 Å². The third-order valence-corrected chi connectivity index (χ3v) is 4.89. The van der Waals surface area contributed by atoms with Crippen molar-refractivity contribution in [3.63, 3.8) is 0 Å². The van der Waals surface area contributed by atoms with Gasteiger partial charge in [-0.2, -0.15) is 5.10 Å². The van der Waals surface area contributed by atoms with Crippen LogP contribution in [0.15, 0.2) is 6.20 Å². The lowest BCUT2D eigenvalue weighted by Crippen LogP contribution is -2.47. The summed E-state index contributed by atoms with van der Waals surface area (Å²) >= 11 is 0. The van der Waals surface area contributed by atoms with E-state index in [0.29, 0.717) is 12.5 Å². The second-order valence-electron chi connectivity index (χ2n) is 6.52. The van der Waals surface area contributed by atoms with Crippen LogP contribution in [0.3, 0.4) is 0 Å². The third-order valence-electron chi connectivity index (χ3n) is 4.89. The van der Waals surface area contributed by atoms with Crippen LogP contribution >= 0.6 is 0 Å². The van der Waals surface area contributed by atoms with Crippen molar-refractivity contribution in [1.82, 2.24) is 25.3 Å². The quantitative estimate of drug-likeness (QED) is 0.867. The zero-order valence-electron chi connectivity index (χ0n) is 13.9. The van der Waals surface area contributed by atoms with Crippen LogP contribution in [0, 0.1) is 12.8 Å². The molecule has 7 nitrogen and oxygen atoms in total. The molecule has 23 heavy (non-hydrogen) atoms. The maximum Gasteiger partial charge on any atom is 0.317 e. The van der Waals surface area contributed by atoms with Gasteiger partial charge < -0.3 is 15.0 Å². The molecule has 2 aliphatic rings. The van der Waals surface area contributed by atoms with E-state index in [1.54, 1.807) is 6.20 Å². The van der Waals surface area contributed by atoms with Crippen molar-refractivity contribution in [1.29, 1.82) is 0 Å². The maximum absolute atomic E-state index is 12.3. The topological polar surface area (TPSA) is 73.5 Å². The number of nitrogens with one attached hydrogen (secondary N) is 2. The van der Waals surface area contributed by atoms with Gasteiger partial charge in [0.1, 0.15) is 0 Å². The second kappa shape index (κ2) is 7.79. The Kier molecular flexibility index (Phi) is 5.51. The summed E-state index contributed by atoms with van der Waals surface area (Å²) in [4.78, 5) is 16.7. The van der Waals surface area contributed by atoms with E-state index in [2.05, 4.69) is 20.4 Å². The normalized spacial score (nSPS) is 20.7. The first kappa shape index (κ1) is 16.3. The number of carbonyl (C=O) groups excluding carboxylic acids is 1. The lowest BCUT2D eigenvalue weighted by atomic mass is 9.96. The molecular weight excluding hydrogens is 294 g/mol. The fourth-order valence-electron chi connectivity index (χ4n) is 3.30. The predicted molar refractivity (Wildman–Crippen MR) is 87.1 cm³/mol. The van der Waals surface area contributed by atoms with E-state index in [9.17, 15) is 4.79 Å². The highest BCUT2D eigenvalue weighted by Crippen LogP contribution is 2.19. The number of aryl methyl sites for hydroxylation is 1. The Hall–Kier alpha value is -1.60. The molecule has 0 aromatic carbocycles. The molecule has 3 rings (SSSR count). The molecule has 0 radical (unpaired) electrons. The van der Waals surface area contributed by atoms with Crippen LogP contribution in [0.25, 0.3) is 0 Å². The van der Waals surface area contributed by atoms with Crippen LogP contribution in [0.4, 0.5) is 4.79 Å². The van der Waals surface area contributed by atoms with Crippen LogP contribution in [-0.4, -0.2) is 72.0 Å². The first-order valence-corrected chi connectivity index (χ1v) is 8.54. The predicted octanol–water partition coefficient (Wildman–Crippen LogP) is 0.972. The number of hydrogen-bond acceptors (Lipinski definition) is 4. The number of urea groups is 1. The van der Waals surface area contributed by atoms with E-state index in [0.717, 1.165) is 70.0 Å². The summed E-state index contributed by atoms with van der Waals surface area (Å²) in [6.45, 7) is 9.16. The molecule has 2 N–H and O–H groups in total. The Morgan fingerprint density at radius 2 is 2.09 bits per heavy atom. The molecular formula is C16H27N5O2. The van der Waals surface area contributed by atoms with Gasteiger partial charge in [-0.05, 0) is 25.7 Å². The lowest BCUT2D eigenvalue weighted by Gasteiger charge is -2.36. The molecule has 128 valence electrons. The van der Waals surface area contributed by atoms with Gasteiger partial charge in [0.2, 0.25) is 0 Å². The molecule has 0 saturated carbocycles. The Bertz CT molecular complexity index is 504. The molecule has 0 unspecified atom stereocenters. The van der Waals surface area contributed by atoms with Crippen molar-refractivity contribution in [3.05, 3.63) is 17.5 Å². The van der Waals surface area contributed by atoms with E-state index < -0.39 is 0 Å². The van der Waals surface area contributed by atoms with Crippen molar-refractivity contribution < 1.29 is 9.53 Å². The number of hydrogen-bond donors (Lipinski definition) is 2. The van der Waals surface area contributed by atoms with Crippen LogP contribution < -0.4 is 5.32 Å². The van der Waals surface area contributed by atoms with Gasteiger partial charge >= 0.3 is 6.03 Å². The number of piperidine rings is 1. The third kappa shape index (κ3) is 4.45. The number of H-pyrrole nitrogens is 1. The number of aromatic nitrogens is 2. The molecule has 1 aromatic heterocycles. The first-order chi connectivity index (χ1) is 11.2. The monoisotopic (exact) mass is 321 g/mol. The molecule has 0 spiro atoms. The van der Waals surface area contributed by atoms with Gasteiger partial charge in [0.05, 0.1) is 19.4 Å². The maximum atomic E-state index is 12.3. The van der Waals surface area contributed by atoms with Gasteiger partial charge in [0, 0.05) is 50.5 Å². The Labute approximate surface area is 137 Å². The molecule has 2 aliphatic heterocycles. The number of nitrogens with zero attached hydrogens (tertiary/aromatic N) is 3. The minimum atomic E-state index is 0.0374. The summed E-state index contributed by atoms with van der Waals surface area (Å²) in [5, 5.41) is 9.85. The highest BCUT2D eigenvalue weighted by Gasteiger charge is 2.24. The molecule has 2 fully saturated rings. The van der Waals surface area contributed by atoms with Gasteiger partial charge in [-0.3, -0.25) is 10.00 Å². The molecule has 7 heteroatoms. The van der Waals surface area contributed by atoms with E-state index in [-0.39, 0.29) is 6.03 Å². The standard InChI is InChI=1S/C16H27N5O2/c1-13-15(11-18-19-13)10-17-16(22)21-4-2-14(3-5-21)12-20-6-8-23-9-7-20/h11,14H,2-10,12H2,1H3,(H,17,22)(H,18,19). The average molecular weight is 321 g/mol. The Morgan fingerprint density at radius 3 is 2.74 bits per heavy atom. The van der Waals surface area contributed by atoms with Gasteiger partial charge in [0.25, 0.3) is 0 Å². The second-order valence-corrected chi connectivity index (χ2v) is 6.52. The van der Waals surface area contributed by atoms with Crippen molar-refractivity contribution in [2.24, 2.45) is 5.92 Å². The van der Waals surface area contributed by atoms with Gasteiger partial charge in [0.15, 0.2) is 0 Å². The zero-order valence-corrected chi connectivity index (χ0v) is 13.9. The summed E-state index contributed by atoms with van der Waals surface area (Å²) in [5.41, 5.74) is 2.05.